The van der Waals surface area contributed by atoms with Gasteiger partial charge in [0.15, 0.2) is 17.4 Å². The molecule has 35 heavy (non-hydrogen) atoms. The summed E-state index contributed by atoms with van der Waals surface area (Å²) in [6.45, 7) is 6.05. The van der Waals surface area contributed by atoms with Crippen molar-refractivity contribution in [1.29, 1.82) is 0 Å². The predicted octanol–water partition coefficient (Wildman–Crippen LogP) is 6.18. The van der Waals surface area contributed by atoms with Gasteiger partial charge in [-0.15, -0.1) is 6.42 Å². The van der Waals surface area contributed by atoms with Crippen molar-refractivity contribution in [3.63, 3.8) is 0 Å². The Morgan fingerprint density at radius 2 is 1.83 bits per heavy atom. The first-order chi connectivity index (χ1) is 16.9. The number of ether oxygens (including phenoxy) is 1. The molecule has 0 spiro atoms. The van der Waals surface area contributed by atoms with Gasteiger partial charge in [-0.25, -0.2) is 15.0 Å². The van der Waals surface area contributed by atoms with Crippen LogP contribution in [0.5, 0.6) is 5.75 Å². The van der Waals surface area contributed by atoms with E-state index in [2.05, 4.69) is 54.0 Å². The van der Waals surface area contributed by atoms with Gasteiger partial charge in [-0.2, -0.15) is 0 Å². The first-order valence-corrected chi connectivity index (χ1v) is 11.4. The number of terminal acetylenes is 1. The van der Waals surface area contributed by atoms with Crippen molar-refractivity contribution in [2.24, 2.45) is 0 Å². The molecule has 0 saturated carbocycles. The number of Topliss-reactive ketones (excluding diaryl/α,β-unsaturated/α-hetero) is 1. The third-order valence-electron chi connectivity index (χ3n) is 5.95. The number of aromatic nitrogens is 4. The lowest BCUT2D eigenvalue weighted by molar-refractivity contribution is 0.101. The van der Waals surface area contributed by atoms with Gasteiger partial charge in [0, 0.05) is 16.5 Å². The standard InChI is InChI=1S/C29H24N4O2/c1-5-15-35-21-13-14-24-23(16-21)26(20-11-9-19(10-12-20)17(2)3)32-28(30-24)29-31-25-8-6-7-22(18(4)34)27(25)33-29/h1,6-14,16-17H,15H2,2-4H3,(H,31,33). The zero-order valence-electron chi connectivity index (χ0n) is 19.8. The van der Waals surface area contributed by atoms with E-state index in [-0.39, 0.29) is 12.4 Å². The lowest BCUT2D eigenvalue weighted by Gasteiger charge is -2.11. The number of ketones is 1. The van der Waals surface area contributed by atoms with E-state index in [9.17, 15) is 4.79 Å². The van der Waals surface area contributed by atoms with Crippen molar-refractivity contribution in [2.75, 3.05) is 6.61 Å². The van der Waals surface area contributed by atoms with Gasteiger partial charge in [-0.1, -0.05) is 50.1 Å². The monoisotopic (exact) mass is 460 g/mol. The molecule has 0 radical (unpaired) electrons. The van der Waals surface area contributed by atoms with Gasteiger partial charge in [0.25, 0.3) is 0 Å². The molecule has 0 atom stereocenters. The van der Waals surface area contributed by atoms with Crippen molar-refractivity contribution in [3.8, 4) is 41.0 Å². The maximum Gasteiger partial charge on any atom is 0.196 e. The fraction of sp³-hybridized carbons (Fsp3) is 0.172. The average molecular weight is 461 g/mol. The molecule has 0 fully saturated rings. The highest BCUT2D eigenvalue weighted by Crippen LogP contribution is 2.32. The number of imidazole rings is 1. The highest BCUT2D eigenvalue weighted by atomic mass is 16.5. The van der Waals surface area contributed by atoms with Gasteiger partial charge in [-0.05, 0) is 48.7 Å². The molecule has 0 amide bonds. The van der Waals surface area contributed by atoms with E-state index in [1.54, 1.807) is 13.0 Å². The topological polar surface area (TPSA) is 80.8 Å². The van der Waals surface area contributed by atoms with Crippen molar-refractivity contribution in [3.05, 3.63) is 71.8 Å². The molecule has 172 valence electrons. The van der Waals surface area contributed by atoms with Crippen LogP contribution < -0.4 is 4.74 Å². The summed E-state index contributed by atoms with van der Waals surface area (Å²) in [4.78, 5) is 29.8. The molecule has 5 rings (SSSR count). The number of aromatic amines is 1. The molecular weight excluding hydrogens is 436 g/mol. The Bertz CT molecular complexity index is 1610. The van der Waals surface area contributed by atoms with Crippen molar-refractivity contribution >= 4 is 27.7 Å². The molecule has 2 aromatic heterocycles. The number of para-hydroxylation sites is 1. The lowest BCUT2D eigenvalue weighted by atomic mass is 9.99. The SMILES string of the molecule is C#CCOc1ccc2nc(-c3nc4cccc(C(C)=O)c4[nH]3)nc(-c3ccc(C(C)C)cc3)c2c1. The van der Waals surface area contributed by atoms with Crippen LogP contribution in [0.15, 0.2) is 60.7 Å². The molecule has 2 heterocycles. The van der Waals surface area contributed by atoms with Gasteiger partial charge < -0.3 is 9.72 Å². The van der Waals surface area contributed by atoms with Gasteiger partial charge in [0.2, 0.25) is 0 Å². The van der Waals surface area contributed by atoms with Crippen LogP contribution in [0.2, 0.25) is 0 Å². The number of fused-ring (bicyclic) bond motifs is 2. The van der Waals surface area contributed by atoms with Gasteiger partial charge >= 0.3 is 0 Å². The van der Waals surface area contributed by atoms with E-state index in [4.69, 9.17) is 21.1 Å². The minimum atomic E-state index is -0.0318. The largest absolute Gasteiger partial charge is 0.481 e. The molecule has 1 N–H and O–H groups in total. The maximum atomic E-state index is 12.1. The summed E-state index contributed by atoms with van der Waals surface area (Å²) in [5, 5.41) is 0.848. The zero-order chi connectivity index (χ0) is 24.5. The maximum absolute atomic E-state index is 12.1. The van der Waals surface area contributed by atoms with Crippen LogP contribution in [0.25, 0.3) is 44.8 Å². The summed E-state index contributed by atoms with van der Waals surface area (Å²) in [5.74, 6) is 4.49. The second kappa shape index (κ2) is 9.03. The van der Waals surface area contributed by atoms with E-state index in [1.165, 1.54) is 5.56 Å². The number of rotatable bonds is 6. The van der Waals surface area contributed by atoms with E-state index in [0.29, 0.717) is 39.9 Å². The molecule has 0 unspecified atom stereocenters. The van der Waals surface area contributed by atoms with Crippen LogP contribution in [0.1, 0.15) is 42.6 Å². The Balaban J connectivity index is 1.71. The number of H-pyrrole nitrogens is 1. The molecule has 0 saturated heterocycles. The molecule has 6 nitrogen and oxygen atoms in total. The summed E-state index contributed by atoms with van der Waals surface area (Å²) < 4.78 is 5.65. The number of carbonyl (C=O) groups excluding carboxylic acids is 1. The molecule has 3 aromatic carbocycles. The first-order valence-electron chi connectivity index (χ1n) is 11.4. The van der Waals surface area contributed by atoms with E-state index < -0.39 is 0 Å². The van der Waals surface area contributed by atoms with Crippen molar-refractivity contribution < 1.29 is 9.53 Å². The number of nitrogens with zero attached hydrogens (tertiary/aromatic N) is 3. The molecule has 6 heteroatoms. The second-order valence-corrected chi connectivity index (χ2v) is 8.69. The van der Waals surface area contributed by atoms with Gasteiger partial charge in [-0.3, -0.25) is 4.79 Å². The van der Waals surface area contributed by atoms with E-state index in [1.807, 2.05) is 30.3 Å². The molecular formula is C29H24N4O2. The highest BCUT2D eigenvalue weighted by Gasteiger charge is 2.17. The summed E-state index contributed by atoms with van der Waals surface area (Å²) in [5.41, 5.74) is 5.67. The number of benzene rings is 3. The van der Waals surface area contributed by atoms with Crippen molar-refractivity contribution in [1.82, 2.24) is 19.9 Å². The number of hydrogen-bond acceptors (Lipinski definition) is 5. The normalized spacial score (nSPS) is 11.2. The molecule has 0 aliphatic rings. The quantitative estimate of drug-likeness (QED) is 0.242. The molecule has 5 aromatic rings. The Morgan fingerprint density at radius 1 is 1.03 bits per heavy atom. The summed E-state index contributed by atoms with van der Waals surface area (Å²) in [6, 6.07) is 19.5. The number of carbonyl (C=O) groups is 1. The summed E-state index contributed by atoms with van der Waals surface area (Å²) in [7, 11) is 0. The third-order valence-corrected chi connectivity index (χ3v) is 5.95. The highest BCUT2D eigenvalue weighted by molar-refractivity contribution is 6.05. The molecule has 0 bridgehead atoms. The predicted molar refractivity (Wildman–Crippen MR) is 138 cm³/mol. The van der Waals surface area contributed by atoms with Crippen LogP contribution in [0.3, 0.4) is 0 Å². The molecule has 0 aliphatic heterocycles. The minimum absolute atomic E-state index is 0.0318. The average Bonchev–Trinajstić information content (AvgIpc) is 3.31. The molecule has 0 aliphatic carbocycles. The number of nitrogens with one attached hydrogen (secondary N) is 1. The zero-order valence-corrected chi connectivity index (χ0v) is 19.8. The third kappa shape index (κ3) is 4.24. The van der Waals surface area contributed by atoms with Crippen LogP contribution >= 0.6 is 0 Å². The Kier molecular flexibility index (Phi) is 5.76. The van der Waals surface area contributed by atoms with Crippen LogP contribution in [0, 0.1) is 12.3 Å². The van der Waals surface area contributed by atoms with E-state index >= 15 is 0 Å². The van der Waals surface area contributed by atoms with Crippen LogP contribution in [-0.4, -0.2) is 32.3 Å². The minimum Gasteiger partial charge on any atom is -0.481 e. The number of hydrogen-bond donors (Lipinski definition) is 1. The van der Waals surface area contributed by atoms with Crippen molar-refractivity contribution in [2.45, 2.75) is 26.7 Å². The summed E-state index contributed by atoms with van der Waals surface area (Å²) >= 11 is 0. The fourth-order valence-electron chi connectivity index (χ4n) is 4.10. The fourth-order valence-corrected chi connectivity index (χ4v) is 4.10. The smallest absolute Gasteiger partial charge is 0.196 e. The Hall–Kier alpha value is -4.50. The van der Waals surface area contributed by atoms with Gasteiger partial charge in [0.05, 0.1) is 22.2 Å². The lowest BCUT2D eigenvalue weighted by Crippen LogP contribution is -1.98. The Labute approximate surface area is 203 Å². The van der Waals surface area contributed by atoms with Crippen LogP contribution in [-0.2, 0) is 0 Å². The second-order valence-electron chi connectivity index (χ2n) is 8.69. The Morgan fingerprint density at radius 3 is 2.54 bits per heavy atom. The van der Waals surface area contributed by atoms with Gasteiger partial charge in [0.1, 0.15) is 12.4 Å². The first kappa shape index (κ1) is 22.3. The van der Waals surface area contributed by atoms with Crippen LogP contribution in [0.4, 0.5) is 0 Å². The van der Waals surface area contributed by atoms with E-state index in [0.717, 1.165) is 22.2 Å². The summed E-state index contributed by atoms with van der Waals surface area (Å²) in [6.07, 6.45) is 5.36.